The predicted octanol–water partition coefficient (Wildman–Crippen LogP) is 2.00. The van der Waals surface area contributed by atoms with E-state index in [4.69, 9.17) is 5.73 Å². The number of nitrogens with one attached hydrogen (secondary N) is 1. The number of rotatable bonds is 4. The summed E-state index contributed by atoms with van der Waals surface area (Å²) in [5.41, 5.74) is 6.94. The molecule has 3 nitrogen and oxygen atoms in total. The third-order valence-corrected chi connectivity index (χ3v) is 3.75. The fraction of sp³-hybridized carbons (Fsp3) is 0.533. The van der Waals surface area contributed by atoms with Gasteiger partial charge in [-0.05, 0) is 43.9 Å². The lowest BCUT2D eigenvalue weighted by Crippen LogP contribution is -2.43. The van der Waals surface area contributed by atoms with Crippen LogP contribution in [0.3, 0.4) is 0 Å². The number of carbonyl (C=O) groups excluding carboxylic acids is 1. The summed E-state index contributed by atoms with van der Waals surface area (Å²) in [5.74, 6) is -0.229. The van der Waals surface area contributed by atoms with E-state index < -0.39 is 0 Å². The molecule has 1 aliphatic carbocycles. The van der Waals surface area contributed by atoms with E-state index in [2.05, 4.69) is 5.32 Å². The Morgan fingerprint density at radius 2 is 2.11 bits per heavy atom. The zero-order valence-electron chi connectivity index (χ0n) is 11.2. The van der Waals surface area contributed by atoms with Gasteiger partial charge >= 0.3 is 0 Å². The van der Waals surface area contributed by atoms with Crippen LogP contribution in [0, 0.1) is 11.7 Å². The first-order valence-corrected chi connectivity index (χ1v) is 6.86. The van der Waals surface area contributed by atoms with E-state index in [-0.39, 0.29) is 29.7 Å². The van der Waals surface area contributed by atoms with Gasteiger partial charge in [0.25, 0.3) is 0 Å². The van der Waals surface area contributed by atoms with Crippen LogP contribution < -0.4 is 11.1 Å². The Morgan fingerprint density at radius 1 is 1.42 bits per heavy atom. The summed E-state index contributed by atoms with van der Waals surface area (Å²) in [6, 6.07) is 6.41. The maximum atomic E-state index is 12.8. The molecule has 1 aromatic carbocycles. The fourth-order valence-electron chi connectivity index (χ4n) is 2.69. The summed E-state index contributed by atoms with van der Waals surface area (Å²) in [4.78, 5) is 12.1. The van der Waals surface area contributed by atoms with Crippen molar-refractivity contribution in [3.63, 3.8) is 0 Å². The molecule has 1 aliphatic rings. The van der Waals surface area contributed by atoms with Crippen LogP contribution in [0.2, 0.25) is 0 Å². The van der Waals surface area contributed by atoms with Gasteiger partial charge in [0.05, 0.1) is 5.92 Å². The van der Waals surface area contributed by atoms with Gasteiger partial charge in [0.1, 0.15) is 5.82 Å². The van der Waals surface area contributed by atoms with Crippen LogP contribution in [0.5, 0.6) is 0 Å². The van der Waals surface area contributed by atoms with E-state index in [1.165, 1.54) is 12.1 Å². The second kappa shape index (κ2) is 6.15. The lowest BCUT2D eigenvalue weighted by Gasteiger charge is -2.19. The second-order valence-electron chi connectivity index (χ2n) is 5.44. The van der Waals surface area contributed by atoms with Gasteiger partial charge in [-0.2, -0.15) is 0 Å². The van der Waals surface area contributed by atoms with Gasteiger partial charge in [-0.1, -0.05) is 18.6 Å². The van der Waals surface area contributed by atoms with Crippen molar-refractivity contribution >= 4 is 5.91 Å². The van der Waals surface area contributed by atoms with Crippen molar-refractivity contribution in [3.05, 3.63) is 35.6 Å². The average Bonchev–Trinajstić information content (AvgIpc) is 2.78. The van der Waals surface area contributed by atoms with Crippen molar-refractivity contribution < 1.29 is 9.18 Å². The minimum Gasteiger partial charge on any atom is -0.353 e. The number of hydrogen-bond donors (Lipinski definition) is 2. The Morgan fingerprint density at radius 3 is 2.68 bits per heavy atom. The smallest absolute Gasteiger partial charge is 0.224 e. The van der Waals surface area contributed by atoms with Gasteiger partial charge in [0, 0.05) is 12.1 Å². The Bertz CT molecular complexity index is 432. The summed E-state index contributed by atoms with van der Waals surface area (Å²) in [6.07, 6.45) is 3.56. The topological polar surface area (TPSA) is 55.1 Å². The maximum absolute atomic E-state index is 12.8. The zero-order chi connectivity index (χ0) is 13.8. The first kappa shape index (κ1) is 14.0. The molecular formula is C15H21FN2O. The Kier molecular flexibility index (Phi) is 4.53. The number of halogens is 1. The summed E-state index contributed by atoms with van der Waals surface area (Å²) >= 11 is 0. The number of nitrogens with two attached hydrogens (primary N) is 1. The van der Waals surface area contributed by atoms with Crippen molar-refractivity contribution in [2.24, 2.45) is 11.7 Å². The minimum absolute atomic E-state index is 0.00183. The molecule has 0 aromatic heterocycles. The second-order valence-corrected chi connectivity index (χ2v) is 5.44. The molecule has 1 aromatic rings. The first-order valence-electron chi connectivity index (χ1n) is 6.86. The van der Waals surface area contributed by atoms with Crippen molar-refractivity contribution in [1.82, 2.24) is 5.32 Å². The van der Waals surface area contributed by atoms with E-state index in [0.717, 1.165) is 24.8 Å². The summed E-state index contributed by atoms with van der Waals surface area (Å²) < 4.78 is 12.8. The van der Waals surface area contributed by atoms with Gasteiger partial charge in [0.15, 0.2) is 0 Å². The highest BCUT2D eigenvalue weighted by Gasteiger charge is 2.30. The quantitative estimate of drug-likeness (QED) is 0.874. The van der Waals surface area contributed by atoms with Crippen LogP contribution in [-0.2, 0) is 11.2 Å². The molecule has 3 unspecified atom stereocenters. The maximum Gasteiger partial charge on any atom is 0.224 e. The number of benzene rings is 1. The predicted molar refractivity (Wildman–Crippen MR) is 73.0 cm³/mol. The van der Waals surface area contributed by atoms with Gasteiger partial charge < -0.3 is 11.1 Å². The molecule has 0 radical (unpaired) electrons. The first-order chi connectivity index (χ1) is 9.06. The van der Waals surface area contributed by atoms with Gasteiger partial charge in [-0.15, -0.1) is 0 Å². The molecule has 3 N–H and O–H groups in total. The largest absolute Gasteiger partial charge is 0.353 e. The Balaban J connectivity index is 1.85. The number of hydrogen-bond acceptors (Lipinski definition) is 2. The molecule has 4 heteroatoms. The number of carbonyl (C=O) groups is 1. The van der Waals surface area contributed by atoms with Gasteiger partial charge in [-0.25, -0.2) is 4.39 Å². The SMILES string of the molecule is CC(Cc1ccc(F)cc1)NC(=O)C1CCCC1N. The van der Waals surface area contributed by atoms with Crippen LogP contribution in [0.15, 0.2) is 24.3 Å². The van der Waals surface area contributed by atoms with E-state index in [1.54, 1.807) is 12.1 Å². The lowest BCUT2D eigenvalue weighted by molar-refractivity contribution is -0.125. The summed E-state index contributed by atoms with van der Waals surface area (Å²) in [6.45, 7) is 1.96. The molecule has 0 spiro atoms. The standard InChI is InChI=1S/C15H21FN2O/c1-10(9-11-5-7-12(16)8-6-11)18-15(19)13-3-2-4-14(13)17/h5-8,10,13-14H,2-4,9,17H2,1H3,(H,18,19). The monoisotopic (exact) mass is 264 g/mol. The zero-order valence-corrected chi connectivity index (χ0v) is 11.2. The van der Waals surface area contributed by atoms with E-state index in [1.807, 2.05) is 6.92 Å². The summed E-state index contributed by atoms with van der Waals surface area (Å²) in [7, 11) is 0. The number of amides is 1. The molecule has 0 bridgehead atoms. The molecule has 0 heterocycles. The highest BCUT2D eigenvalue weighted by atomic mass is 19.1. The van der Waals surface area contributed by atoms with Crippen LogP contribution in [0.25, 0.3) is 0 Å². The molecular weight excluding hydrogens is 243 g/mol. The molecule has 2 rings (SSSR count). The Hall–Kier alpha value is -1.42. The van der Waals surface area contributed by atoms with Crippen molar-refractivity contribution in [3.8, 4) is 0 Å². The van der Waals surface area contributed by atoms with Gasteiger partial charge in [0.2, 0.25) is 5.91 Å². The van der Waals surface area contributed by atoms with E-state index in [9.17, 15) is 9.18 Å². The minimum atomic E-state index is -0.239. The van der Waals surface area contributed by atoms with Crippen LogP contribution in [0.4, 0.5) is 4.39 Å². The van der Waals surface area contributed by atoms with Gasteiger partial charge in [-0.3, -0.25) is 4.79 Å². The van der Waals surface area contributed by atoms with Crippen LogP contribution in [-0.4, -0.2) is 18.0 Å². The summed E-state index contributed by atoms with van der Waals surface area (Å²) in [5, 5.41) is 3.00. The molecule has 104 valence electrons. The van der Waals surface area contributed by atoms with Crippen LogP contribution in [0.1, 0.15) is 31.7 Å². The highest BCUT2D eigenvalue weighted by molar-refractivity contribution is 5.80. The highest BCUT2D eigenvalue weighted by Crippen LogP contribution is 2.24. The van der Waals surface area contributed by atoms with Crippen molar-refractivity contribution in [1.29, 1.82) is 0 Å². The van der Waals surface area contributed by atoms with Crippen molar-refractivity contribution in [2.45, 2.75) is 44.7 Å². The molecule has 1 saturated carbocycles. The molecule has 3 atom stereocenters. The third-order valence-electron chi connectivity index (χ3n) is 3.75. The van der Waals surface area contributed by atoms with E-state index in [0.29, 0.717) is 6.42 Å². The normalized spacial score (nSPS) is 24.2. The van der Waals surface area contributed by atoms with Crippen molar-refractivity contribution in [2.75, 3.05) is 0 Å². The molecule has 0 saturated heterocycles. The van der Waals surface area contributed by atoms with E-state index >= 15 is 0 Å². The average molecular weight is 264 g/mol. The van der Waals surface area contributed by atoms with Crippen LogP contribution >= 0.6 is 0 Å². The molecule has 0 aliphatic heterocycles. The lowest BCUT2D eigenvalue weighted by atomic mass is 10.0. The fourth-order valence-corrected chi connectivity index (χ4v) is 2.69. The Labute approximate surface area is 113 Å². The molecule has 19 heavy (non-hydrogen) atoms. The molecule has 1 amide bonds. The third kappa shape index (κ3) is 3.77. The molecule has 1 fully saturated rings.